The molecule has 0 aliphatic carbocycles. The number of amides is 1. The quantitative estimate of drug-likeness (QED) is 0.605. The Hall–Kier alpha value is -2.02. The van der Waals surface area contributed by atoms with Gasteiger partial charge in [-0.25, -0.2) is 0 Å². The molecular formula is C18H16Cl2N4OS. The standard InChI is InChI=1S/C18H16Cl2N4OS/c1-11-5-3-4-6-16(11)24-10-21-23-18(24)26-12(2)17(25)22-15-8-13(19)7-14(20)9-15/h3-10,12H,1-2H3,(H,22,25)/t12-/m1/s1. The molecule has 8 heteroatoms. The smallest absolute Gasteiger partial charge is 0.237 e. The summed E-state index contributed by atoms with van der Waals surface area (Å²) in [5.41, 5.74) is 2.63. The lowest BCUT2D eigenvalue weighted by molar-refractivity contribution is -0.115. The molecule has 26 heavy (non-hydrogen) atoms. The van der Waals surface area contributed by atoms with E-state index in [0.717, 1.165) is 11.3 Å². The van der Waals surface area contributed by atoms with Crippen molar-refractivity contribution in [1.82, 2.24) is 14.8 Å². The van der Waals surface area contributed by atoms with E-state index in [0.29, 0.717) is 20.9 Å². The number of benzene rings is 2. The highest BCUT2D eigenvalue weighted by Crippen LogP contribution is 2.27. The summed E-state index contributed by atoms with van der Waals surface area (Å²) in [4.78, 5) is 12.5. The van der Waals surface area contributed by atoms with Crippen LogP contribution in [0.3, 0.4) is 0 Å². The fourth-order valence-electron chi connectivity index (χ4n) is 2.39. The van der Waals surface area contributed by atoms with Crippen molar-refractivity contribution in [1.29, 1.82) is 0 Å². The molecule has 0 unspecified atom stereocenters. The van der Waals surface area contributed by atoms with Crippen LogP contribution < -0.4 is 5.32 Å². The molecule has 1 amide bonds. The Balaban J connectivity index is 1.74. The van der Waals surface area contributed by atoms with Crippen LogP contribution in [0.2, 0.25) is 10.0 Å². The van der Waals surface area contributed by atoms with Crippen LogP contribution in [-0.4, -0.2) is 25.9 Å². The van der Waals surface area contributed by atoms with E-state index in [9.17, 15) is 4.79 Å². The summed E-state index contributed by atoms with van der Waals surface area (Å²) in [6, 6.07) is 12.8. The lowest BCUT2D eigenvalue weighted by atomic mass is 10.2. The van der Waals surface area contributed by atoms with E-state index < -0.39 is 0 Å². The van der Waals surface area contributed by atoms with Gasteiger partial charge in [0.05, 0.1) is 10.9 Å². The van der Waals surface area contributed by atoms with Crippen molar-refractivity contribution in [2.45, 2.75) is 24.3 Å². The number of nitrogens with zero attached hydrogens (tertiary/aromatic N) is 3. The van der Waals surface area contributed by atoms with E-state index in [1.807, 2.05) is 42.7 Å². The number of halogens is 2. The highest BCUT2D eigenvalue weighted by molar-refractivity contribution is 8.00. The zero-order chi connectivity index (χ0) is 18.7. The van der Waals surface area contributed by atoms with Gasteiger partial charge >= 0.3 is 0 Å². The second-order valence-corrected chi connectivity index (χ2v) is 7.86. The summed E-state index contributed by atoms with van der Waals surface area (Å²) in [6.45, 7) is 3.83. The van der Waals surface area contributed by atoms with Gasteiger partial charge < -0.3 is 5.32 Å². The van der Waals surface area contributed by atoms with E-state index in [-0.39, 0.29) is 11.2 Å². The third kappa shape index (κ3) is 4.38. The molecule has 0 aliphatic rings. The minimum absolute atomic E-state index is 0.173. The average molecular weight is 407 g/mol. The molecule has 3 aromatic rings. The number of rotatable bonds is 5. The first-order valence-corrected chi connectivity index (χ1v) is 9.47. The third-order valence-corrected chi connectivity index (χ3v) is 5.17. The van der Waals surface area contributed by atoms with Crippen molar-refractivity contribution >= 4 is 46.6 Å². The fourth-order valence-corrected chi connectivity index (χ4v) is 3.75. The molecule has 1 N–H and O–H groups in total. The summed E-state index contributed by atoms with van der Waals surface area (Å²) < 4.78 is 1.88. The van der Waals surface area contributed by atoms with Gasteiger partial charge in [0.1, 0.15) is 6.33 Å². The molecule has 0 radical (unpaired) electrons. The molecule has 3 rings (SSSR count). The average Bonchev–Trinajstić information content (AvgIpc) is 3.02. The topological polar surface area (TPSA) is 59.8 Å². The third-order valence-electron chi connectivity index (χ3n) is 3.67. The number of aromatic nitrogens is 3. The van der Waals surface area contributed by atoms with E-state index in [2.05, 4.69) is 15.5 Å². The normalized spacial score (nSPS) is 12.0. The van der Waals surface area contributed by atoms with Gasteiger partial charge in [-0.1, -0.05) is 53.2 Å². The molecule has 0 aliphatic heterocycles. The second kappa shape index (κ2) is 8.12. The number of para-hydroxylation sites is 1. The Morgan fingerprint density at radius 3 is 2.58 bits per heavy atom. The monoisotopic (exact) mass is 406 g/mol. The molecule has 1 atom stereocenters. The van der Waals surface area contributed by atoms with Gasteiger partial charge in [-0.2, -0.15) is 0 Å². The van der Waals surface area contributed by atoms with E-state index in [1.54, 1.807) is 24.5 Å². The molecule has 1 aromatic heterocycles. The number of hydrogen-bond acceptors (Lipinski definition) is 4. The van der Waals surface area contributed by atoms with Crippen molar-refractivity contribution < 1.29 is 4.79 Å². The number of nitrogens with one attached hydrogen (secondary N) is 1. The number of hydrogen-bond donors (Lipinski definition) is 1. The Morgan fingerprint density at radius 1 is 1.19 bits per heavy atom. The van der Waals surface area contributed by atoms with Crippen LogP contribution in [0.1, 0.15) is 12.5 Å². The first kappa shape index (κ1) is 18.8. The molecule has 0 fully saturated rings. The van der Waals surface area contributed by atoms with Gasteiger partial charge in [0.15, 0.2) is 5.16 Å². The maximum Gasteiger partial charge on any atom is 0.237 e. The van der Waals surface area contributed by atoms with E-state index in [4.69, 9.17) is 23.2 Å². The lowest BCUT2D eigenvalue weighted by Crippen LogP contribution is -2.22. The van der Waals surface area contributed by atoms with Gasteiger partial charge in [-0.3, -0.25) is 9.36 Å². The molecule has 2 aromatic carbocycles. The van der Waals surface area contributed by atoms with Gasteiger partial charge in [0.2, 0.25) is 5.91 Å². The van der Waals surface area contributed by atoms with Gasteiger partial charge in [-0.05, 0) is 43.7 Å². The Bertz CT molecular complexity index is 924. The summed E-state index contributed by atoms with van der Waals surface area (Å²) in [7, 11) is 0. The number of carbonyl (C=O) groups excluding carboxylic acids is 1. The molecule has 0 spiro atoms. The SMILES string of the molecule is Cc1ccccc1-n1cnnc1S[C@H](C)C(=O)Nc1cc(Cl)cc(Cl)c1. The van der Waals surface area contributed by atoms with Crippen molar-refractivity contribution in [3.8, 4) is 5.69 Å². The van der Waals surface area contributed by atoms with Crippen molar-refractivity contribution in [3.05, 3.63) is 64.4 Å². The van der Waals surface area contributed by atoms with Crippen LogP contribution in [0.5, 0.6) is 0 Å². The van der Waals surface area contributed by atoms with Crippen LogP contribution >= 0.6 is 35.0 Å². The lowest BCUT2D eigenvalue weighted by Gasteiger charge is -2.13. The highest BCUT2D eigenvalue weighted by atomic mass is 35.5. The Kier molecular flexibility index (Phi) is 5.86. The first-order chi connectivity index (χ1) is 12.4. The van der Waals surface area contributed by atoms with E-state index >= 15 is 0 Å². The maximum absolute atomic E-state index is 12.5. The van der Waals surface area contributed by atoms with Crippen molar-refractivity contribution in [3.63, 3.8) is 0 Å². The fraction of sp³-hybridized carbons (Fsp3) is 0.167. The molecule has 1 heterocycles. The maximum atomic E-state index is 12.5. The molecule has 0 saturated carbocycles. The predicted molar refractivity (Wildman–Crippen MR) is 107 cm³/mol. The molecular weight excluding hydrogens is 391 g/mol. The summed E-state index contributed by atoms with van der Waals surface area (Å²) >= 11 is 13.3. The largest absolute Gasteiger partial charge is 0.325 e. The zero-order valence-corrected chi connectivity index (χ0v) is 16.4. The summed E-state index contributed by atoms with van der Waals surface area (Å²) in [5, 5.41) is 12.1. The number of thioether (sulfide) groups is 1. The van der Waals surface area contributed by atoms with Crippen molar-refractivity contribution in [2.24, 2.45) is 0 Å². The van der Waals surface area contributed by atoms with Crippen LogP contribution in [0.25, 0.3) is 5.69 Å². The number of carbonyl (C=O) groups is 1. The molecule has 0 bridgehead atoms. The highest BCUT2D eigenvalue weighted by Gasteiger charge is 2.19. The number of anilines is 1. The molecule has 5 nitrogen and oxygen atoms in total. The minimum Gasteiger partial charge on any atom is -0.325 e. The Morgan fingerprint density at radius 2 is 1.88 bits per heavy atom. The van der Waals surface area contributed by atoms with Crippen LogP contribution in [0.15, 0.2) is 53.9 Å². The van der Waals surface area contributed by atoms with E-state index in [1.165, 1.54) is 11.8 Å². The Labute approximate surface area is 165 Å². The van der Waals surface area contributed by atoms with Crippen LogP contribution in [-0.2, 0) is 4.79 Å². The van der Waals surface area contributed by atoms with Crippen LogP contribution in [0, 0.1) is 6.92 Å². The van der Waals surface area contributed by atoms with Gasteiger partial charge in [0.25, 0.3) is 0 Å². The zero-order valence-electron chi connectivity index (χ0n) is 14.1. The first-order valence-electron chi connectivity index (χ1n) is 7.83. The summed E-state index contributed by atoms with van der Waals surface area (Å²) in [5.74, 6) is -0.173. The summed E-state index contributed by atoms with van der Waals surface area (Å²) in [6.07, 6.45) is 1.64. The van der Waals surface area contributed by atoms with Gasteiger partial charge in [-0.15, -0.1) is 10.2 Å². The molecule has 134 valence electrons. The minimum atomic E-state index is -0.389. The second-order valence-electron chi connectivity index (χ2n) is 5.68. The number of aryl methyl sites for hydroxylation is 1. The molecule has 0 saturated heterocycles. The van der Waals surface area contributed by atoms with Crippen LogP contribution in [0.4, 0.5) is 5.69 Å². The van der Waals surface area contributed by atoms with Crippen molar-refractivity contribution in [2.75, 3.05) is 5.32 Å². The predicted octanol–water partition coefficient (Wildman–Crippen LogP) is 5.00. The van der Waals surface area contributed by atoms with Gasteiger partial charge in [0, 0.05) is 15.7 Å².